The van der Waals surface area contributed by atoms with Crippen molar-refractivity contribution in [2.45, 2.75) is 26.7 Å². The van der Waals surface area contributed by atoms with Gasteiger partial charge in [0.25, 0.3) is 5.69 Å². The van der Waals surface area contributed by atoms with Crippen LogP contribution in [0, 0.1) is 15.5 Å². The number of nitro groups is 1. The van der Waals surface area contributed by atoms with Crippen molar-refractivity contribution in [3.05, 3.63) is 28.3 Å². The van der Waals surface area contributed by atoms with Crippen LogP contribution in [-0.2, 0) is 0 Å². The first kappa shape index (κ1) is 12.7. The van der Waals surface area contributed by atoms with Gasteiger partial charge in [0.05, 0.1) is 4.92 Å². The lowest BCUT2D eigenvalue weighted by Crippen LogP contribution is -2.12. The fourth-order valence-electron chi connectivity index (χ4n) is 1.83. The Morgan fingerprint density at radius 3 is 2.39 bits per heavy atom. The zero-order valence-corrected chi connectivity index (χ0v) is 10.8. The number of nitrogens with one attached hydrogen (secondary N) is 2. The number of hydrogen-bond donors (Lipinski definition) is 2. The lowest BCUT2D eigenvalue weighted by atomic mass is 10.1. The average Bonchev–Trinajstić information content (AvgIpc) is 3.06. The van der Waals surface area contributed by atoms with Crippen LogP contribution in [0.25, 0.3) is 0 Å². The van der Waals surface area contributed by atoms with Crippen molar-refractivity contribution >= 4 is 17.1 Å². The van der Waals surface area contributed by atoms with Crippen LogP contribution in [-0.4, -0.2) is 18.0 Å². The number of nitro benzene ring substituents is 1. The van der Waals surface area contributed by atoms with E-state index in [-0.39, 0.29) is 10.6 Å². The molecule has 1 saturated carbocycles. The molecule has 5 nitrogen and oxygen atoms in total. The molecule has 0 bridgehead atoms. The molecule has 0 spiro atoms. The summed E-state index contributed by atoms with van der Waals surface area (Å²) in [6, 6.07) is 5.07. The normalized spacial score (nSPS) is 16.1. The standard InChI is InChI=1S/C13H19N3O2/c1-3-14-10-6-11(8-12(7-10)16(17)18)15-9-13(2)4-5-13/h6-8,14-15H,3-5,9H2,1-2H3. The Labute approximate surface area is 107 Å². The number of non-ortho nitro benzene ring substituents is 1. The maximum Gasteiger partial charge on any atom is 0.273 e. The molecule has 5 heteroatoms. The monoisotopic (exact) mass is 249 g/mol. The zero-order chi connectivity index (χ0) is 13.2. The van der Waals surface area contributed by atoms with Crippen molar-refractivity contribution in [1.82, 2.24) is 0 Å². The quantitative estimate of drug-likeness (QED) is 0.600. The number of hydrogen-bond acceptors (Lipinski definition) is 4. The Balaban J connectivity index is 2.13. The van der Waals surface area contributed by atoms with Crippen molar-refractivity contribution in [1.29, 1.82) is 0 Å². The van der Waals surface area contributed by atoms with Crippen LogP contribution in [0.3, 0.4) is 0 Å². The summed E-state index contributed by atoms with van der Waals surface area (Å²) in [4.78, 5) is 10.5. The molecular formula is C13H19N3O2. The summed E-state index contributed by atoms with van der Waals surface area (Å²) >= 11 is 0. The first-order valence-corrected chi connectivity index (χ1v) is 6.30. The van der Waals surface area contributed by atoms with Gasteiger partial charge in [-0.2, -0.15) is 0 Å². The SMILES string of the molecule is CCNc1cc(NCC2(C)CC2)cc([N+](=O)[O-])c1. The number of nitrogens with zero attached hydrogens (tertiary/aromatic N) is 1. The summed E-state index contributed by atoms with van der Waals surface area (Å²) in [7, 11) is 0. The summed E-state index contributed by atoms with van der Waals surface area (Å²) in [5, 5.41) is 17.3. The van der Waals surface area contributed by atoms with Gasteiger partial charge in [-0.05, 0) is 31.2 Å². The Kier molecular flexibility index (Phi) is 3.41. The van der Waals surface area contributed by atoms with E-state index >= 15 is 0 Å². The molecule has 0 aromatic heterocycles. The van der Waals surface area contributed by atoms with Crippen LogP contribution in [0.1, 0.15) is 26.7 Å². The summed E-state index contributed by atoms with van der Waals surface area (Å²) in [6.45, 7) is 5.82. The lowest BCUT2D eigenvalue weighted by Gasteiger charge is -2.13. The fourth-order valence-corrected chi connectivity index (χ4v) is 1.83. The van der Waals surface area contributed by atoms with Crippen molar-refractivity contribution in [3.8, 4) is 0 Å². The highest BCUT2D eigenvalue weighted by molar-refractivity contribution is 5.63. The molecule has 2 N–H and O–H groups in total. The van der Waals surface area contributed by atoms with Gasteiger partial charge in [0.15, 0.2) is 0 Å². The first-order valence-electron chi connectivity index (χ1n) is 6.30. The van der Waals surface area contributed by atoms with Gasteiger partial charge in [-0.25, -0.2) is 0 Å². The van der Waals surface area contributed by atoms with Gasteiger partial charge in [0, 0.05) is 36.6 Å². The van der Waals surface area contributed by atoms with E-state index in [1.165, 1.54) is 12.8 Å². The van der Waals surface area contributed by atoms with Crippen LogP contribution in [0.2, 0.25) is 0 Å². The zero-order valence-electron chi connectivity index (χ0n) is 10.8. The van der Waals surface area contributed by atoms with Crippen molar-refractivity contribution < 1.29 is 4.92 Å². The summed E-state index contributed by atoms with van der Waals surface area (Å²) in [5.74, 6) is 0. The molecule has 98 valence electrons. The fraction of sp³-hybridized carbons (Fsp3) is 0.538. The van der Waals surface area contributed by atoms with E-state index in [2.05, 4.69) is 17.6 Å². The number of rotatable bonds is 6. The second-order valence-corrected chi connectivity index (χ2v) is 5.22. The highest BCUT2D eigenvalue weighted by Crippen LogP contribution is 2.44. The van der Waals surface area contributed by atoms with E-state index in [1.54, 1.807) is 12.1 Å². The van der Waals surface area contributed by atoms with Crippen molar-refractivity contribution in [3.63, 3.8) is 0 Å². The maximum atomic E-state index is 10.9. The minimum Gasteiger partial charge on any atom is -0.385 e. The van der Waals surface area contributed by atoms with E-state index in [0.717, 1.165) is 24.5 Å². The molecule has 0 heterocycles. The smallest absolute Gasteiger partial charge is 0.273 e. The molecule has 18 heavy (non-hydrogen) atoms. The molecule has 1 aromatic rings. The van der Waals surface area contributed by atoms with E-state index < -0.39 is 0 Å². The maximum absolute atomic E-state index is 10.9. The second kappa shape index (κ2) is 4.84. The third-order valence-electron chi connectivity index (χ3n) is 3.33. The van der Waals surface area contributed by atoms with Gasteiger partial charge in [-0.15, -0.1) is 0 Å². The molecule has 1 fully saturated rings. The molecule has 0 aliphatic heterocycles. The first-order chi connectivity index (χ1) is 8.52. The Morgan fingerprint density at radius 2 is 1.89 bits per heavy atom. The Morgan fingerprint density at radius 1 is 1.28 bits per heavy atom. The van der Waals surface area contributed by atoms with Gasteiger partial charge >= 0.3 is 0 Å². The summed E-state index contributed by atoms with van der Waals surface area (Å²) in [6.07, 6.45) is 2.46. The Bertz CT molecular complexity index is 456. The third kappa shape index (κ3) is 3.12. The molecular weight excluding hydrogens is 230 g/mol. The lowest BCUT2D eigenvalue weighted by molar-refractivity contribution is -0.384. The molecule has 0 unspecified atom stereocenters. The molecule has 0 saturated heterocycles. The number of benzene rings is 1. The third-order valence-corrected chi connectivity index (χ3v) is 3.33. The number of anilines is 2. The molecule has 0 radical (unpaired) electrons. The predicted molar refractivity (Wildman–Crippen MR) is 73.1 cm³/mol. The molecule has 1 aliphatic rings. The molecule has 1 aliphatic carbocycles. The van der Waals surface area contributed by atoms with Crippen LogP contribution in [0.4, 0.5) is 17.1 Å². The summed E-state index contributed by atoms with van der Waals surface area (Å²) < 4.78 is 0. The van der Waals surface area contributed by atoms with E-state index in [9.17, 15) is 10.1 Å². The largest absolute Gasteiger partial charge is 0.385 e. The van der Waals surface area contributed by atoms with E-state index in [1.807, 2.05) is 13.0 Å². The van der Waals surface area contributed by atoms with Gasteiger partial charge < -0.3 is 10.6 Å². The van der Waals surface area contributed by atoms with Crippen LogP contribution >= 0.6 is 0 Å². The topological polar surface area (TPSA) is 67.2 Å². The minimum atomic E-state index is -0.356. The van der Waals surface area contributed by atoms with Gasteiger partial charge in [0.2, 0.25) is 0 Å². The van der Waals surface area contributed by atoms with Crippen molar-refractivity contribution in [2.24, 2.45) is 5.41 Å². The summed E-state index contributed by atoms with van der Waals surface area (Å²) in [5.41, 5.74) is 2.10. The van der Waals surface area contributed by atoms with E-state index in [4.69, 9.17) is 0 Å². The van der Waals surface area contributed by atoms with Gasteiger partial charge in [0.1, 0.15) is 0 Å². The Hall–Kier alpha value is -1.78. The molecule has 0 atom stereocenters. The molecule has 1 aromatic carbocycles. The average molecular weight is 249 g/mol. The van der Waals surface area contributed by atoms with Crippen molar-refractivity contribution in [2.75, 3.05) is 23.7 Å². The van der Waals surface area contributed by atoms with Crippen LogP contribution in [0.15, 0.2) is 18.2 Å². The second-order valence-electron chi connectivity index (χ2n) is 5.22. The molecule has 0 amide bonds. The van der Waals surface area contributed by atoms with E-state index in [0.29, 0.717) is 5.41 Å². The molecule has 2 rings (SSSR count). The predicted octanol–water partition coefficient (Wildman–Crippen LogP) is 3.24. The van der Waals surface area contributed by atoms with Crippen LogP contribution in [0.5, 0.6) is 0 Å². The highest BCUT2D eigenvalue weighted by Gasteiger charge is 2.36. The minimum absolute atomic E-state index is 0.122. The van der Waals surface area contributed by atoms with Gasteiger partial charge in [-0.1, -0.05) is 6.92 Å². The van der Waals surface area contributed by atoms with Crippen LogP contribution < -0.4 is 10.6 Å². The van der Waals surface area contributed by atoms with Gasteiger partial charge in [-0.3, -0.25) is 10.1 Å². The highest BCUT2D eigenvalue weighted by atomic mass is 16.6.